The van der Waals surface area contributed by atoms with Crippen molar-refractivity contribution in [2.45, 2.75) is 44.4 Å². The molecule has 3 heterocycles. The predicted octanol–water partition coefficient (Wildman–Crippen LogP) is 3.56. The molecule has 2 aliphatic heterocycles. The van der Waals surface area contributed by atoms with Gasteiger partial charge in [-0.1, -0.05) is 30.3 Å². The lowest BCUT2D eigenvalue weighted by atomic mass is 9.88. The third kappa shape index (κ3) is 6.43. The Bertz CT molecular complexity index is 731. The van der Waals surface area contributed by atoms with E-state index >= 15 is 0 Å². The van der Waals surface area contributed by atoms with Gasteiger partial charge in [0.15, 0.2) is 0 Å². The van der Waals surface area contributed by atoms with Crippen LogP contribution in [0.1, 0.15) is 31.0 Å². The van der Waals surface area contributed by atoms with Crippen molar-refractivity contribution in [2.24, 2.45) is 7.05 Å². The third-order valence-electron chi connectivity index (χ3n) is 5.96. The lowest BCUT2D eigenvalue weighted by Crippen LogP contribution is -2.58. The molecule has 1 aromatic heterocycles. The quantitative estimate of drug-likeness (QED) is 0.711. The molecule has 1 spiro atoms. The van der Waals surface area contributed by atoms with E-state index in [4.69, 9.17) is 4.74 Å². The summed E-state index contributed by atoms with van der Waals surface area (Å²) >= 11 is 0. The summed E-state index contributed by atoms with van der Waals surface area (Å²) in [5, 5.41) is 4.55. The highest BCUT2D eigenvalue weighted by Crippen LogP contribution is 2.33. The highest BCUT2D eigenvalue weighted by Gasteiger charge is 2.41. The molecule has 2 aromatic rings. The first-order chi connectivity index (χ1) is 13.1. The molecule has 5 nitrogen and oxygen atoms in total. The van der Waals surface area contributed by atoms with E-state index in [1.165, 1.54) is 5.56 Å². The first-order valence-corrected chi connectivity index (χ1v) is 10.3. The van der Waals surface area contributed by atoms with Gasteiger partial charge in [-0.3, -0.25) is 9.58 Å². The minimum atomic E-state index is 0. The second-order valence-electron chi connectivity index (χ2n) is 8.34. The molecule has 1 aromatic carbocycles. The van der Waals surface area contributed by atoms with E-state index in [-0.39, 0.29) is 30.4 Å². The van der Waals surface area contributed by atoms with Crippen molar-refractivity contribution in [3.05, 3.63) is 53.9 Å². The number of halogens is 2. The summed E-state index contributed by atoms with van der Waals surface area (Å²) < 4.78 is 8.39. The van der Waals surface area contributed by atoms with Crippen molar-refractivity contribution in [3.8, 4) is 0 Å². The van der Waals surface area contributed by atoms with Crippen molar-refractivity contribution >= 4 is 24.8 Å². The van der Waals surface area contributed by atoms with Gasteiger partial charge in [0.05, 0.1) is 17.4 Å². The smallest absolute Gasteiger partial charge is 0.0837 e. The van der Waals surface area contributed by atoms with Crippen LogP contribution in [0.4, 0.5) is 0 Å². The zero-order chi connectivity index (χ0) is 18.7. The van der Waals surface area contributed by atoms with Gasteiger partial charge in [-0.2, -0.15) is 5.10 Å². The van der Waals surface area contributed by atoms with Crippen LogP contribution in [0.15, 0.2) is 42.6 Å². The molecule has 1 atom stereocenters. The maximum Gasteiger partial charge on any atom is 0.0837 e. The van der Waals surface area contributed by atoms with Crippen molar-refractivity contribution in [3.63, 3.8) is 0 Å². The Kier molecular flexibility index (Phi) is 8.98. The number of hydrogen-bond donors (Lipinski definition) is 0. The standard InChI is InChI=1S/C22H32N4O.2ClH/c1-19-16-26(17-21-9-12-24(2)23-21)18-22(27-19)10-14-25(15-11-22)13-8-20-6-4-3-5-7-20;;/h3-7,9,12,19H,8,10-11,13-18H2,1-2H3;2*1H. The summed E-state index contributed by atoms with van der Waals surface area (Å²) in [6, 6.07) is 12.9. The highest BCUT2D eigenvalue weighted by molar-refractivity contribution is 5.85. The molecule has 0 bridgehead atoms. The van der Waals surface area contributed by atoms with Gasteiger partial charge in [-0.05, 0) is 37.8 Å². The second kappa shape index (κ2) is 10.8. The molecule has 4 rings (SSSR count). The average molecular weight is 441 g/mol. The summed E-state index contributed by atoms with van der Waals surface area (Å²) in [5.41, 5.74) is 2.61. The van der Waals surface area contributed by atoms with E-state index in [0.29, 0.717) is 6.10 Å². The maximum absolute atomic E-state index is 6.51. The summed E-state index contributed by atoms with van der Waals surface area (Å²) in [6.07, 6.45) is 5.71. The molecule has 2 saturated heterocycles. The molecule has 7 heteroatoms. The van der Waals surface area contributed by atoms with Crippen LogP contribution in [0.25, 0.3) is 0 Å². The van der Waals surface area contributed by atoms with E-state index in [9.17, 15) is 0 Å². The Morgan fingerprint density at radius 2 is 1.79 bits per heavy atom. The number of morpholine rings is 1. The van der Waals surface area contributed by atoms with Crippen LogP contribution in [-0.2, 0) is 24.8 Å². The van der Waals surface area contributed by atoms with Gasteiger partial charge in [-0.15, -0.1) is 24.8 Å². The molecule has 0 radical (unpaired) electrons. The van der Waals surface area contributed by atoms with Crippen LogP contribution >= 0.6 is 24.8 Å². The summed E-state index contributed by atoms with van der Waals surface area (Å²) in [6.45, 7) is 8.58. The van der Waals surface area contributed by atoms with Crippen molar-refractivity contribution in [2.75, 3.05) is 32.7 Å². The normalized spacial score (nSPS) is 22.1. The molecular formula is C22H34Cl2N4O. The largest absolute Gasteiger partial charge is 0.369 e. The summed E-state index contributed by atoms with van der Waals surface area (Å²) in [5.74, 6) is 0. The fourth-order valence-corrected chi connectivity index (χ4v) is 4.63. The number of nitrogens with zero attached hydrogens (tertiary/aromatic N) is 4. The molecule has 0 aliphatic carbocycles. The van der Waals surface area contributed by atoms with E-state index in [1.54, 1.807) is 0 Å². The monoisotopic (exact) mass is 440 g/mol. The predicted molar refractivity (Wildman–Crippen MR) is 122 cm³/mol. The molecule has 0 saturated carbocycles. The number of ether oxygens (including phenoxy) is 1. The third-order valence-corrected chi connectivity index (χ3v) is 5.96. The Hall–Kier alpha value is -1.11. The average Bonchev–Trinajstić information content (AvgIpc) is 3.06. The van der Waals surface area contributed by atoms with Crippen LogP contribution in [0.3, 0.4) is 0 Å². The fourth-order valence-electron chi connectivity index (χ4n) is 4.63. The van der Waals surface area contributed by atoms with E-state index in [0.717, 1.165) is 64.2 Å². The zero-order valence-electron chi connectivity index (χ0n) is 17.5. The van der Waals surface area contributed by atoms with Crippen molar-refractivity contribution in [1.82, 2.24) is 19.6 Å². The fraction of sp³-hybridized carbons (Fsp3) is 0.591. The SMILES string of the molecule is CC1CN(Cc2ccn(C)n2)CC2(CCN(CCc3ccccc3)CC2)O1.Cl.Cl. The number of rotatable bonds is 5. The Morgan fingerprint density at radius 1 is 1.07 bits per heavy atom. The van der Waals surface area contributed by atoms with Gasteiger partial charge in [0.25, 0.3) is 0 Å². The van der Waals surface area contributed by atoms with Gasteiger partial charge in [0.2, 0.25) is 0 Å². The van der Waals surface area contributed by atoms with Crippen LogP contribution in [0.2, 0.25) is 0 Å². The number of aromatic nitrogens is 2. The molecule has 0 amide bonds. The van der Waals surface area contributed by atoms with Gasteiger partial charge >= 0.3 is 0 Å². The Labute approximate surface area is 187 Å². The topological polar surface area (TPSA) is 33.5 Å². The number of aryl methyl sites for hydroxylation is 1. The Morgan fingerprint density at radius 3 is 2.45 bits per heavy atom. The van der Waals surface area contributed by atoms with Gasteiger partial charge in [0, 0.05) is 52.5 Å². The van der Waals surface area contributed by atoms with Gasteiger partial charge < -0.3 is 9.64 Å². The highest BCUT2D eigenvalue weighted by atomic mass is 35.5. The zero-order valence-corrected chi connectivity index (χ0v) is 19.1. The maximum atomic E-state index is 6.51. The number of piperidine rings is 1. The van der Waals surface area contributed by atoms with E-state index in [2.05, 4.69) is 58.2 Å². The first kappa shape index (κ1) is 24.2. The molecule has 1 unspecified atom stereocenters. The number of likely N-dealkylation sites (tertiary alicyclic amines) is 1. The summed E-state index contributed by atoms with van der Waals surface area (Å²) in [7, 11) is 1.98. The molecule has 0 N–H and O–H groups in total. The second-order valence-corrected chi connectivity index (χ2v) is 8.34. The van der Waals surface area contributed by atoms with Gasteiger partial charge in [0.1, 0.15) is 0 Å². The Balaban J connectivity index is 0.00000150. The lowest BCUT2D eigenvalue weighted by molar-refractivity contribution is -0.171. The summed E-state index contributed by atoms with van der Waals surface area (Å²) in [4.78, 5) is 5.14. The van der Waals surface area contributed by atoms with Crippen LogP contribution in [0, 0.1) is 0 Å². The molecule has 2 fully saturated rings. The lowest BCUT2D eigenvalue weighted by Gasteiger charge is -2.49. The minimum absolute atomic E-state index is 0. The first-order valence-electron chi connectivity index (χ1n) is 10.3. The van der Waals surface area contributed by atoms with Crippen LogP contribution < -0.4 is 0 Å². The molecule has 29 heavy (non-hydrogen) atoms. The number of benzene rings is 1. The van der Waals surface area contributed by atoms with Crippen LogP contribution in [0.5, 0.6) is 0 Å². The van der Waals surface area contributed by atoms with E-state index < -0.39 is 0 Å². The number of hydrogen-bond acceptors (Lipinski definition) is 4. The molecule has 2 aliphatic rings. The van der Waals surface area contributed by atoms with Crippen molar-refractivity contribution < 1.29 is 4.74 Å². The van der Waals surface area contributed by atoms with Crippen LogP contribution in [-0.4, -0.2) is 64.0 Å². The van der Waals surface area contributed by atoms with E-state index in [1.807, 2.05) is 17.9 Å². The van der Waals surface area contributed by atoms with Crippen molar-refractivity contribution in [1.29, 1.82) is 0 Å². The molecule has 162 valence electrons. The minimum Gasteiger partial charge on any atom is -0.369 e. The van der Waals surface area contributed by atoms with Gasteiger partial charge in [-0.25, -0.2) is 0 Å². The molecular weight excluding hydrogens is 407 g/mol.